The SMILES string of the molecule is CCN(CCc1ccncc1)C(=O)C(=O)Nc1ccc(C(=O)OC)cc1. The molecular formula is C19H21N3O4. The molecule has 2 amide bonds. The van der Waals surface area contributed by atoms with E-state index in [0.717, 1.165) is 5.56 Å². The summed E-state index contributed by atoms with van der Waals surface area (Å²) in [4.78, 5) is 41.4. The highest BCUT2D eigenvalue weighted by molar-refractivity contribution is 6.39. The van der Waals surface area contributed by atoms with Gasteiger partial charge in [-0.3, -0.25) is 14.6 Å². The van der Waals surface area contributed by atoms with Crippen LogP contribution in [0.3, 0.4) is 0 Å². The number of aromatic nitrogens is 1. The molecule has 0 aliphatic carbocycles. The summed E-state index contributed by atoms with van der Waals surface area (Å²) in [5.41, 5.74) is 1.84. The van der Waals surface area contributed by atoms with Crippen molar-refractivity contribution in [2.75, 3.05) is 25.5 Å². The fourth-order valence-corrected chi connectivity index (χ4v) is 2.35. The molecule has 0 aliphatic rings. The second-order valence-corrected chi connectivity index (χ2v) is 5.51. The summed E-state index contributed by atoms with van der Waals surface area (Å²) in [6.07, 6.45) is 4.03. The van der Waals surface area contributed by atoms with Gasteiger partial charge in [0.05, 0.1) is 12.7 Å². The van der Waals surface area contributed by atoms with Crippen molar-refractivity contribution in [2.24, 2.45) is 0 Å². The van der Waals surface area contributed by atoms with Crippen molar-refractivity contribution in [2.45, 2.75) is 13.3 Å². The van der Waals surface area contributed by atoms with Crippen molar-refractivity contribution in [3.63, 3.8) is 0 Å². The maximum Gasteiger partial charge on any atom is 0.337 e. The first-order chi connectivity index (χ1) is 12.5. The maximum absolute atomic E-state index is 12.3. The molecule has 1 aromatic heterocycles. The number of carbonyl (C=O) groups excluding carboxylic acids is 3. The summed E-state index contributed by atoms with van der Waals surface area (Å²) in [5, 5.41) is 2.55. The summed E-state index contributed by atoms with van der Waals surface area (Å²) < 4.78 is 4.61. The van der Waals surface area contributed by atoms with Crippen LogP contribution in [0.1, 0.15) is 22.8 Å². The minimum atomic E-state index is -0.715. The first-order valence-electron chi connectivity index (χ1n) is 8.22. The molecule has 0 radical (unpaired) electrons. The zero-order valence-electron chi connectivity index (χ0n) is 14.8. The van der Waals surface area contributed by atoms with Gasteiger partial charge in [0.15, 0.2) is 0 Å². The number of amides is 2. The second kappa shape index (κ2) is 9.31. The Morgan fingerprint density at radius 2 is 1.73 bits per heavy atom. The lowest BCUT2D eigenvalue weighted by atomic mass is 10.2. The molecule has 0 spiro atoms. The van der Waals surface area contributed by atoms with E-state index in [1.165, 1.54) is 24.1 Å². The largest absolute Gasteiger partial charge is 0.465 e. The van der Waals surface area contributed by atoms with E-state index < -0.39 is 17.8 Å². The molecular weight excluding hydrogens is 334 g/mol. The van der Waals surface area contributed by atoms with Gasteiger partial charge < -0.3 is 15.0 Å². The normalized spacial score (nSPS) is 10.1. The molecule has 7 heteroatoms. The number of likely N-dealkylation sites (N-methyl/N-ethyl adjacent to an activating group) is 1. The third-order valence-electron chi connectivity index (χ3n) is 3.85. The van der Waals surface area contributed by atoms with Crippen LogP contribution < -0.4 is 5.32 Å². The number of benzene rings is 1. The molecule has 0 saturated carbocycles. The van der Waals surface area contributed by atoms with Crippen molar-refractivity contribution >= 4 is 23.5 Å². The number of hydrogen-bond donors (Lipinski definition) is 1. The Labute approximate surface area is 152 Å². The summed E-state index contributed by atoms with van der Waals surface area (Å²) >= 11 is 0. The molecule has 0 saturated heterocycles. The number of carbonyl (C=O) groups is 3. The number of nitrogens with zero attached hydrogens (tertiary/aromatic N) is 2. The zero-order valence-corrected chi connectivity index (χ0v) is 14.8. The first-order valence-corrected chi connectivity index (χ1v) is 8.22. The number of methoxy groups -OCH3 is 1. The molecule has 136 valence electrons. The van der Waals surface area contributed by atoms with Crippen LogP contribution in [0.15, 0.2) is 48.8 Å². The molecule has 2 rings (SSSR count). The minimum absolute atomic E-state index is 0.365. The van der Waals surface area contributed by atoms with Crippen LogP contribution in [0.25, 0.3) is 0 Å². The van der Waals surface area contributed by atoms with Crippen LogP contribution >= 0.6 is 0 Å². The third-order valence-corrected chi connectivity index (χ3v) is 3.85. The van der Waals surface area contributed by atoms with Gasteiger partial charge in [-0.05, 0) is 55.3 Å². The molecule has 1 heterocycles. The molecule has 26 heavy (non-hydrogen) atoms. The molecule has 0 unspecified atom stereocenters. The van der Waals surface area contributed by atoms with E-state index in [4.69, 9.17) is 0 Å². The number of hydrogen-bond acceptors (Lipinski definition) is 5. The van der Waals surface area contributed by atoms with Gasteiger partial charge in [-0.15, -0.1) is 0 Å². The van der Waals surface area contributed by atoms with Crippen LogP contribution in [-0.4, -0.2) is 47.9 Å². The lowest BCUT2D eigenvalue weighted by molar-refractivity contribution is -0.143. The highest BCUT2D eigenvalue weighted by Crippen LogP contribution is 2.11. The van der Waals surface area contributed by atoms with Crippen LogP contribution in [-0.2, 0) is 20.7 Å². The molecule has 0 atom stereocenters. The van der Waals surface area contributed by atoms with Gasteiger partial charge in [0.2, 0.25) is 0 Å². The highest BCUT2D eigenvalue weighted by atomic mass is 16.5. The van der Waals surface area contributed by atoms with Crippen molar-refractivity contribution in [1.29, 1.82) is 0 Å². The maximum atomic E-state index is 12.3. The number of nitrogens with one attached hydrogen (secondary N) is 1. The smallest absolute Gasteiger partial charge is 0.337 e. The quantitative estimate of drug-likeness (QED) is 0.631. The monoisotopic (exact) mass is 355 g/mol. The number of esters is 1. The van der Waals surface area contributed by atoms with Gasteiger partial charge in [0.1, 0.15) is 0 Å². The van der Waals surface area contributed by atoms with E-state index in [1.807, 2.05) is 19.1 Å². The van der Waals surface area contributed by atoms with Gasteiger partial charge in [0.25, 0.3) is 0 Å². The fraction of sp³-hybridized carbons (Fsp3) is 0.263. The summed E-state index contributed by atoms with van der Waals surface area (Å²) in [7, 11) is 1.29. The lowest BCUT2D eigenvalue weighted by Gasteiger charge is -2.20. The number of rotatable bonds is 6. The average molecular weight is 355 g/mol. The Morgan fingerprint density at radius 3 is 2.31 bits per heavy atom. The standard InChI is InChI=1S/C19H21N3O4/c1-3-22(13-10-14-8-11-20-12-9-14)18(24)17(23)21-16-6-4-15(5-7-16)19(25)26-2/h4-9,11-12H,3,10,13H2,1-2H3,(H,21,23). The summed E-state index contributed by atoms with van der Waals surface area (Å²) in [5.74, 6) is -1.78. The van der Waals surface area contributed by atoms with E-state index in [-0.39, 0.29) is 0 Å². The van der Waals surface area contributed by atoms with E-state index >= 15 is 0 Å². The predicted octanol–water partition coefficient (Wildman–Crippen LogP) is 1.90. The van der Waals surface area contributed by atoms with Crippen molar-refractivity contribution in [3.05, 3.63) is 59.9 Å². The lowest BCUT2D eigenvalue weighted by Crippen LogP contribution is -2.40. The van der Waals surface area contributed by atoms with Crippen LogP contribution in [0.2, 0.25) is 0 Å². The van der Waals surface area contributed by atoms with Crippen LogP contribution in [0.4, 0.5) is 5.69 Å². The molecule has 1 aromatic carbocycles. The molecule has 0 bridgehead atoms. The zero-order chi connectivity index (χ0) is 18.9. The summed E-state index contributed by atoms with van der Waals surface area (Å²) in [6, 6.07) is 9.89. The van der Waals surface area contributed by atoms with Crippen molar-refractivity contribution in [3.8, 4) is 0 Å². The first kappa shape index (κ1) is 19.1. The van der Waals surface area contributed by atoms with Gasteiger partial charge in [-0.1, -0.05) is 0 Å². The minimum Gasteiger partial charge on any atom is -0.465 e. The molecule has 0 aliphatic heterocycles. The Kier molecular flexibility index (Phi) is 6.84. The number of pyridine rings is 1. The summed E-state index contributed by atoms with van der Waals surface area (Å²) in [6.45, 7) is 2.69. The number of ether oxygens (including phenoxy) is 1. The van der Waals surface area contributed by atoms with Gasteiger partial charge >= 0.3 is 17.8 Å². The Hall–Kier alpha value is -3.22. The van der Waals surface area contributed by atoms with Gasteiger partial charge in [-0.2, -0.15) is 0 Å². The van der Waals surface area contributed by atoms with Gasteiger partial charge in [0, 0.05) is 31.2 Å². The molecule has 7 nitrogen and oxygen atoms in total. The van der Waals surface area contributed by atoms with Crippen LogP contribution in [0, 0.1) is 0 Å². The highest BCUT2D eigenvalue weighted by Gasteiger charge is 2.20. The van der Waals surface area contributed by atoms with E-state index in [0.29, 0.717) is 30.8 Å². The predicted molar refractivity (Wildman–Crippen MR) is 96.6 cm³/mol. The molecule has 2 aromatic rings. The van der Waals surface area contributed by atoms with E-state index in [1.54, 1.807) is 24.5 Å². The Bertz CT molecular complexity index is 760. The molecule has 1 N–H and O–H groups in total. The molecule has 0 fully saturated rings. The van der Waals surface area contributed by atoms with Crippen molar-refractivity contribution in [1.82, 2.24) is 9.88 Å². The number of anilines is 1. The fourth-order valence-electron chi connectivity index (χ4n) is 2.35. The third kappa shape index (κ3) is 5.14. The van der Waals surface area contributed by atoms with Gasteiger partial charge in [-0.25, -0.2) is 4.79 Å². The average Bonchev–Trinajstić information content (AvgIpc) is 2.69. The topological polar surface area (TPSA) is 88.6 Å². The Morgan fingerprint density at radius 1 is 1.08 bits per heavy atom. The van der Waals surface area contributed by atoms with E-state index in [2.05, 4.69) is 15.0 Å². The van der Waals surface area contributed by atoms with Crippen molar-refractivity contribution < 1.29 is 19.1 Å². The second-order valence-electron chi connectivity index (χ2n) is 5.51. The van der Waals surface area contributed by atoms with E-state index in [9.17, 15) is 14.4 Å². The van der Waals surface area contributed by atoms with Crippen LogP contribution in [0.5, 0.6) is 0 Å². The Balaban J connectivity index is 1.94.